The topological polar surface area (TPSA) is 67.7 Å². The third-order valence-electron chi connectivity index (χ3n) is 5.59. The minimum atomic E-state index is -0.408. The van der Waals surface area contributed by atoms with Crippen LogP contribution in [0.15, 0.2) is 12.3 Å². The van der Waals surface area contributed by atoms with E-state index in [2.05, 4.69) is 18.9 Å². The monoisotopic (exact) mass is 362 g/mol. The van der Waals surface area contributed by atoms with Crippen LogP contribution in [0.2, 0.25) is 0 Å². The number of hydrogen-bond acceptors (Lipinski definition) is 4. The third kappa shape index (κ3) is 4.02. The zero-order chi connectivity index (χ0) is 18.7. The highest BCUT2D eigenvalue weighted by molar-refractivity contribution is 5.76. The summed E-state index contributed by atoms with van der Waals surface area (Å²) in [6.45, 7) is 8.71. The molecule has 2 amide bonds. The van der Waals surface area contributed by atoms with Crippen molar-refractivity contribution in [3.63, 3.8) is 0 Å². The van der Waals surface area contributed by atoms with Crippen LogP contribution in [0.5, 0.6) is 0 Å². The lowest BCUT2D eigenvalue weighted by atomic mass is 9.90. The van der Waals surface area contributed by atoms with Gasteiger partial charge in [-0.25, -0.2) is 4.79 Å². The minimum absolute atomic E-state index is 0.147. The van der Waals surface area contributed by atoms with Crippen molar-refractivity contribution in [2.75, 3.05) is 19.6 Å². The van der Waals surface area contributed by atoms with Gasteiger partial charge in [-0.1, -0.05) is 13.3 Å². The van der Waals surface area contributed by atoms with Gasteiger partial charge in [-0.15, -0.1) is 0 Å². The highest BCUT2D eigenvalue weighted by Gasteiger charge is 2.48. The Morgan fingerprint density at radius 2 is 2.12 bits per heavy atom. The van der Waals surface area contributed by atoms with Crippen LogP contribution in [0.25, 0.3) is 0 Å². The maximum Gasteiger partial charge on any atom is 0.410 e. The van der Waals surface area contributed by atoms with Gasteiger partial charge in [-0.05, 0) is 26.3 Å². The smallest absolute Gasteiger partial charge is 0.410 e. The highest BCUT2D eigenvalue weighted by atomic mass is 16.6. The molecule has 0 N–H and O–H groups in total. The standard InChI is InChI=1S/C19H30N4O3/c1-4-5-16(3)23-14-19(26-18(23)25)8-12-21(13-9-19)17(24)7-11-22-10-6-15(2)20-22/h6,10,16H,4-5,7-9,11-14H2,1-3H3/t16-/m1/s1. The zero-order valence-corrected chi connectivity index (χ0v) is 16.1. The van der Waals surface area contributed by atoms with E-state index in [-0.39, 0.29) is 18.0 Å². The van der Waals surface area contributed by atoms with E-state index in [1.807, 2.05) is 33.7 Å². The molecule has 0 unspecified atom stereocenters. The first-order valence-electron chi connectivity index (χ1n) is 9.70. The van der Waals surface area contributed by atoms with Crippen molar-refractivity contribution in [3.05, 3.63) is 18.0 Å². The second kappa shape index (κ2) is 7.68. The molecular formula is C19H30N4O3. The summed E-state index contributed by atoms with van der Waals surface area (Å²) < 4.78 is 7.57. The highest BCUT2D eigenvalue weighted by Crippen LogP contribution is 2.34. The summed E-state index contributed by atoms with van der Waals surface area (Å²) in [7, 11) is 0. The molecule has 1 atom stereocenters. The molecule has 1 aromatic heterocycles. The maximum absolute atomic E-state index is 12.5. The lowest BCUT2D eigenvalue weighted by molar-refractivity contribution is -0.134. The number of aryl methyl sites for hydroxylation is 2. The number of nitrogens with zero attached hydrogens (tertiary/aromatic N) is 4. The molecule has 0 radical (unpaired) electrons. The van der Waals surface area contributed by atoms with Gasteiger partial charge in [-0.2, -0.15) is 5.10 Å². The predicted octanol–water partition coefficient (Wildman–Crippen LogP) is 2.58. The molecule has 7 nitrogen and oxygen atoms in total. The fourth-order valence-corrected chi connectivity index (χ4v) is 3.94. The van der Waals surface area contributed by atoms with Crippen LogP contribution < -0.4 is 0 Å². The molecule has 2 aliphatic heterocycles. The van der Waals surface area contributed by atoms with Gasteiger partial charge < -0.3 is 14.5 Å². The Kier molecular flexibility index (Phi) is 5.53. The molecule has 3 heterocycles. The summed E-state index contributed by atoms with van der Waals surface area (Å²) in [4.78, 5) is 28.5. The Balaban J connectivity index is 1.49. The van der Waals surface area contributed by atoms with E-state index in [4.69, 9.17) is 4.74 Å². The number of aromatic nitrogens is 2. The maximum atomic E-state index is 12.5. The number of hydrogen-bond donors (Lipinski definition) is 0. The van der Waals surface area contributed by atoms with Crippen LogP contribution in [0.1, 0.15) is 51.6 Å². The van der Waals surface area contributed by atoms with Crippen molar-refractivity contribution < 1.29 is 14.3 Å². The molecule has 0 aromatic carbocycles. The van der Waals surface area contributed by atoms with Crippen molar-refractivity contribution in [2.24, 2.45) is 0 Å². The van der Waals surface area contributed by atoms with Gasteiger partial charge in [0, 0.05) is 51.1 Å². The van der Waals surface area contributed by atoms with Gasteiger partial charge >= 0.3 is 6.09 Å². The Labute approximate surface area is 155 Å². The van der Waals surface area contributed by atoms with Gasteiger partial charge in [0.05, 0.1) is 12.2 Å². The summed E-state index contributed by atoms with van der Waals surface area (Å²) >= 11 is 0. The molecule has 2 fully saturated rings. The molecular weight excluding hydrogens is 332 g/mol. The molecule has 1 spiro atoms. The fourth-order valence-electron chi connectivity index (χ4n) is 3.94. The number of amides is 2. The van der Waals surface area contributed by atoms with E-state index in [1.54, 1.807) is 0 Å². The van der Waals surface area contributed by atoms with Crippen LogP contribution >= 0.6 is 0 Å². The van der Waals surface area contributed by atoms with Crippen LogP contribution in [-0.2, 0) is 16.1 Å². The summed E-state index contributed by atoms with van der Waals surface area (Å²) in [5, 5.41) is 4.32. The summed E-state index contributed by atoms with van der Waals surface area (Å²) in [6.07, 6.45) is 5.64. The van der Waals surface area contributed by atoms with E-state index in [0.717, 1.165) is 31.4 Å². The van der Waals surface area contributed by atoms with Crippen molar-refractivity contribution in [2.45, 2.75) is 71.1 Å². The number of ether oxygens (including phenoxy) is 1. The van der Waals surface area contributed by atoms with Crippen LogP contribution in [0, 0.1) is 6.92 Å². The van der Waals surface area contributed by atoms with Crippen LogP contribution in [0.3, 0.4) is 0 Å². The molecule has 7 heteroatoms. The van der Waals surface area contributed by atoms with Gasteiger partial charge in [0.1, 0.15) is 5.60 Å². The average molecular weight is 362 g/mol. The Morgan fingerprint density at radius 3 is 2.73 bits per heavy atom. The van der Waals surface area contributed by atoms with Crippen LogP contribution in [-0.4, -0.2) is 62.9 Å². The van der Waals surface area contributed by atoms with Crippen molar-refractivity contribution in [1.29, 1.82) is 0 Å². The first-order valence-corrected chi connectivity index (χ1v) is 9.70. The molecule has 0 aliphatic carbocycles. The SMILES string of the molecule is CCC[C@@H](C)N1CC2(CCN(C(=O)CCn3ccc(C)n3)CC2)OC1=O. The lowest BCUT2D eigenvalue weighted by Gasteiger charge is -2.37. The first kappa shape index (κ1) is 18.7. The molecule has 2 aliphatic rings. The second-order valence-corrected chi connectivity index (χ2v) is 7.67. The molecule has 0 saturated carbocycles. The largest absolute Gasteiger partial charge is 0.441 e. The third-order valence-corrected chi connectivity index (χ3v) is 5.59. The first-order chi connectivity index (χ1) is 12.4. The van der Waals surface area contributed by atoms with Gasteiger partial charge in [0.25, 0.3) is 0 Å². The van der Waals surface area contributed by atoms with Gasteiger partial charge in [-0.3, -0.25) is 9.48 Å². The van der Waals surface area contributed by atoms with Crippen molar-refractivity contribution in [3.8, 4) is 0 Å². The molecule has 144 valence electrons. The number of carbonyl (C=O) groups excluding carboxylic acids is 2. The van der Waals surface area contributed by atoms with E-state index in [0.29, 0.717) is 32.6 Å². The number of rotatable bonds is 6. The number of likely N-dealkylation sites (tertiary alicyclic amines) is 1. The quantitative estimate of drug-likeness (QED) is 0.780. The van der Waals surface area contributed by atoms with Crippen molar-refractivity contribution >= 4 is 12.0 Å². The summed E-state index contributed by atoms with van der Waals surface area (Å²) in [6, 6.07) is 2.15. The molecule has 26 heavy (non-hydrogen) atoms. The Hall–Kier alpha value is -2.05. The Bertz CT molecular complexity index is 649. The van der Waals surface area contributed by atoms with Gasteiger partial charge in [0.2, 0.25) is 5.91 Å². The number of carbonyl (C=O) groups is 2. The van der Waals surface area contributed by atoms with Gasteiger partial charge in [0.15, 0.2) is 0 Å². The fraction of sp³-hybridized carbons (Fsp3) is 0.737. The van der Waals surface area contributed by atoms with Crippen molar-refractivity contribution in [1.82, 2.24) is 19.6 Å². The second-order valence-electron chi connectivity index (χ2n) is 7.67. The van der Waals surface area contributed by atoms with E-state index >= 15 is 0 Å². The van der Waals surface area contributed by atoms with E-state index in [1.165, 1.54) is 0 Å². The number of piperidine rings is 1. The molecule has 3 rings (SSSR count). The van der Waals surface area contributed by atoms with Crippen LogP contribution in [0.4, 0.5) is 4.79 Å². The van der Waals surface area contributed by atoms with E-state index in [9.17, 15) is 9.59 Å². The molecule has 0 bridgehead atoms. The molecule has 2 saturated heterocycles. The summed E-state index contributed by atoms with van der Waals surface area (Å²) in [5.41, 5.74) is 0.553. The summed E-state index contributed by atoms with van der Waals surface area (Å²) in [5.74, 6) is 0.147. The normalized spacial score (nSPS) is 20.5. The zero-order valence-electron chi connectivity index (χ0n) is 16.1. The Morgan fingerprint density at radius 1 is 1.38 bits per heavy atom. The lowest BCUT2D eigenvalue weighted by Crippen LogP contribution is -2.49. The predicted molar refractivity (Wildman–Crippen MR) is 97.7 cm³/mol. The van der Waals surface area contributed by atoms with E-state index < -0.39 is 5.60 Å². The minimum Gasteiger partial charge on any atom is -0.441 e. The average Bonchev–Trinajstić information content (AvgIpc) is 3.17. The molecule has 1 aromatic rings.